The first kappa shape index (κ1) is 15.6. The second kappa shape index (κ2) is 6.51. The lowest BCUT2D eigenvalue weighted by molar-refractivity contribution is 0.274. The average molecular weight is 347 g/mol. The number of aliphatic hydroxyl groups is 1. The van der Waals surface area contributed by atoms with E-state index in [-0.39, 0.29) is 6.61 Å². The van der Waals surface area contributed by atoms with Crippen LogP contribution in [0.2, 0.25) is 5.02 Å². The fraction of sp³-hybridized carbons (Fsp3) is 0.438. The van der Waals surface area contributed by atoms with Crippen molar-refractivity contribution in [3.8, 4) is 0 Å². The van der Waals surface area contributed by atoms with Gasteiger partial charge in [-0.05, 0) is 24.6 Å². The van der Waals surface area contributed by atoms with Crippen LogP contribution in [0, 0.1) is 0 Å². The van der Waals surface area contributed by atoms with E-state index in [1.54, 1.807) is 6.33 Å². The number of halogens is 1. The molecule has 0 saturated carbocycles. The van der Waals surface area contributed by atoms with Crippen molar-refractivity contribution in [2.24, 2.45) is 0 Å². The molecule has 0 amide bonds. The van der Waals surface area contributed by atoms with Crippen LogP contribution in [0.5, 0.6) is 0 Å². The maximum absolute atomic E-state index is 9.37. The van der Waals surface area contributed by atoms with E-state index in [4.69, 9.17) is 11.6 Å². The number of aryl methyl sites for hydroxylation is 1. The minimum absolute atomic E-state index is 0.0762. The zero-order valence-electron chi connectivity index (χ0n) is 13.2. The molecule has 8 heteroatoms. The molecular formula is C16H19ClN6O. The van der Waals surface area contributed by atoms with Crippen molar-refractivity contribution in [3.63, 3.8) is 0 Å². The standard InChI is InChI=1S/C16H19ClN6O/c17-11-1-3-14-13(7-11)21-16(22(14)5-6-24)8-18-12-2-4-15-19-10-20-23(15)9-12/h1,3,7,10,12,18,24H,2,4-6,8-9H2/t12-/m1/s1. The van der Waals surface area contributed by atoms with Crippen molar-refractivity contribution in [3.05, 3.63) is 41.2 Å². The van der Waals surface area contributed by atoms with Crippen molar-refractivity contribution in [2.45, 2.75) is 38.5 Å². The molecule has 126 valence electrons. The first-order valence-electron chi connectivity index (χ1n) is 8.10. The Hall–Kier alpha value is -1.96. The Morgan fingerprint density at radius 1 is 1.38 bits per heavy atom. The maximum atomic E-state index is 9.37. The molecule has 1 aromatic carbocycles. The minimum atomic E-state index is 0.0762. The van der Waals surface area contributed by atoms with Gasteiger partial charge < -0.3 is 15.0 Å². The summed E-state index contributed by atoms with van der Waals surface area (Å²) in [5.74, 6) is 1.96. The number of hydrogen-bond acceptors (Lipinski definition) is 5. The number of fused-ring (bicyclic) bond motifs is 2. The van der Waals surface area contributed by atoms with Crippen LogP contribution in [0.1, 0.15) is 18.1 Å². The van der Waals surface area contributed by atoms with Gasteiger partial charge in [0.2, 0.25) is 0 Å². The van der Waals surface area contributed by atoms with Crippen LogP contribution in [-0.2, 0) is 26.1 Å². The Morgan fingerprint density at radius 3 is 3.17 bits per heavy atom. The largest absolute Gasteiger partial charge is 0.395 e. The summed E-state index contributed by atoms with van der Waals surface area (Å²) < 4.78 is 4.00. The van der Waals surface area contributed by atoms with Crippen LogP contribution in [0.3, 0.4) is 0 Å². The van der Waals surface area contributed by atoms with E-state index in [0.717, 1.165) is 42.1 Å². The molecule has 24 heavy (non-hydrogen) atoms. The monoisotopic (exact) mass is 346 g/mol. The van der Waals surface area contributed by atoms with E-state index >= 15 is 0 Å². The van der Waals surface area contributed by atoms with Crippen LogP contribution in [0.15, 0.2) is 24.5 Å². The van der Waals surface area contributed by atoms with Gasteiger partial charge in [0.1, 0.15) is 18.0 Å². The Balaban J connectivity index is 1.53. The molecule has 2 N–H and O–H groups in total. The molecule has 1 atom stereocenters. The fourth-order valence-corrected chi connectivity index (χ4v) is 3.44. The summed E-state index contributed by atoms with van der Waals surface area (Å²) in [5, 5.41) is 17.8. The molecule has 0 bridgehead atoms. The first-order chi connectivity index (χ1) is 11.7. The summed E-state index contributed by atoms with van der Waals surface area (Å²) in [4.78, 5) is 8.93. The lowest BCUT2D eigenvalue weighted by Gasteiger charge is -2.23. The number of nitrogens with zero attached hydrogens (tertiary/aromatic N) is 5. The number of aliphatic hydroxyl groups excluding tert-OH is 1. The first-order valence-corrected chi connectivity index (χ1v) is 8.48. The van der Waals surface area contributed by atoms with Gasteiger partial charge in [-0.2, -0.15) is 5.10 Å². The third-order valence-electron chi connectivity index (χ3n) is 4.47. The zero-order valence-corrected chi connectivity index (χ0v) is 13.9. The molecule has 0 spiro atoms. The summed E-state index contributed by atoms with van der Waals surface area (Å²) in [6.07, 6.45) is 3.58. The fourth-order valence-electron chi connectivity index (χ4n) is 3.28. The minimum Gasteiger partial charge on any atom is -0.395 e. The highest BCUT2D eigenvalue weighted by atomic mass is 35.5. The predicted octanol–water partition coefficient (Wildman–Crippen LogP) is 1.38. The van der Waals surface area contributed by atoms with Crippen molar-refractivity contribution in [2.75, 3.05) is 6.61 Å². The Bertz CT molecular complexity index is 857. The van der Waals surface area contributed by atoms with Crippen LogP contribution >= 0.6 is 11.6 Å². The molecule has 3 heterocycles. The van der Waals surface area contributed by atoms with Gasteiger partial charge in [0.05, 0.1) is 30.7 Å². The van der Waals surface area contributed by atoms with Crippen molar-refractivity contribution in [1.29, 1.82) is 0 Å². The number of rotatable bonds is 5. The van der Waals surface area contributed by atoms with Gasteiger partial charge in [-0.25, -0.2) is 14.6 Å². The Labute approximate surface area is 144 Å². The molecule has 0 saturated heterocycles. The van der Waals surface area contributed by atoms with Gasteiger partial charge in [0.15, 0.2) is 0 Å². The topological polar surface area (TPSA) is 80.8 Å². The summed E-state index contributed by atoms with van der Waals surface area (Å²) in [5.41, 5.74) is 1.85. The molecule has 1 aliphatic heterocycles. The molecule has 4 rings (SSSR count). The van der Waals surface area contributed by atoms with Crippen molar-refractivity contribution in [1.82, 2.24) is 29.6 Å². The lowest BCUT2D eigenvalue weighted by atomic mass is 10.1. The molecule has 0 fully saturated rings. The third kappa shape index (κ3) is 2.90. The van der Waals surface area contributed by atoms with Gasteiger partial charge in [0.25, 0.3) is 0 Å². The zero-order chi connectivity index (χ0) is 16.5. The summed E-state index contributed by atoms with van der Waals surface area (Å²) in [6.45, 7) is 2.06. The maximum Gasteiger partial charge on any atom is 0.138 e. The molecule has 7 nitrogen and oxygen atoms in total. The van der Waals surface area contributed by atoms with E-state index in [1.807, 2.05) is 27.4 Å². The Kier molecular flexibility index (Phi) is 4.22. The van der Waals surface area contributed by atoms with Crippen LogP contribution in [-0.4, -0.2) is 42.1 Å². The van der Waals surface area contributed by atoms with E-state index in [0.29, 0.717) is 24.2 Å². The SMILES string of the molecule is OCCn1c(CN[C@@H]2CCc3ncnn3C2)nc2cc(Cl)ccc21. The molecule has 3 aromatic rings. The number of hydrogen-bond donors (Lipinski definition) is 2. The molecule has 0 aliphatic carbocycles. The third-order valence-corrected chi connectivity index (χ3v) is 4.70. The highest BCUT2D eigenvalue weighted by Gasteiger charge is 2.20. The molecular weight excluding hydrogens is 328 g/mol. The van der Waals surface area contributed by atoms with Gasteiger partial charge in [-0.15, -0.1) is 0 Å². The van der Waals surface area contributed by atoms with E-state index < -0.39 is 0 Å². The average Bonchev–Trinajstić information content (AvgIpc) is 3.17. The Morgan fingerprint density at radius 2 is 2.29 bits per heavy atom. The quantitative estimate of drug-likeness (QED) is 0.729. The van der Waals surface area contributed by atoms with Gasteiger partial charge in [-0.1, -0.05) is 11.6 Å². The van der Waals surface area contributed by atoms with Crippen LogP contribution in [0.4, 0.5) is 0 Å². The van der Waals surface area contributed by atoms with E-state index in [2.05, 4.69) is 20.4 Å². The number of imidazole rings is 1. The van der Waals surface area contributed by atoms with E-state index in [1.165, 1.54) is 0 Å². The number of nitrogens with one attached hydrogen (secondary N) is 1. The highest BCUT2D eigenvalue weighted by molar-refractivity contribution is 6.31. The van der Waals surface area contributed by atoms with Gasteiger partial charge in [-0.3, -0.25) is 0 Å². The normalized spacial score (nSPS) is 17.3. The number of benzene rings is 1. The van der Waals surface area contributed by atoms with Gasteiger partial charge >= 0.3 is 0 Å². The highest BCUT2D eigenvalue weighted by Crippen LogP contribution is 2.21. The molecule has 2 aromatic heterocycles. The predicted molar refractivity (Wildman–Crippen MR) is 90.8 cm³/mol. The van der Waals surface area contributed by atoms with Crippen molar-refractivity contribution >= 4 is 22.6 Å². The summed E-state index contributed by atoms with van der Waals surface area (Å²) in [7, 11) is 0. The number of aromatic nitrogens is 5. The van der Waals surface area contributed by atoms with E-state index in [9.17, 15) is 5.11 Å². The summed E-state index contributed by atoms with van der Waals surface area (Å²) >= 11 is 6.06. The van der Waals surface area contributed by atoms with Crippen LogP contribution in [0.25, 0.3) is 11.0 Å². The lowest BCUT2D eigenvalue weighted by Crippen LogP contribution is -2.38. The molecule has 1 aliphatic rings. The second-order valence-corrected chi connectivity index (χ2v) is 6.45. The molecule has 0 radical (unpaired) electrons. The molecule has 0 unspecified atom stereocenters. The smallest absolute Gasteiger partial charge is 0.138 e. The van der Waals surface area contributed by atoms with Gasteiger partial charge in [0, 0.05) is 24.0 Å². The second-order valence-electron chi connectivity index (χ2n) is 6.01. The van der Waals surface area contributed by atoms with Crippen LogP contribution < -0.4 is 5.32 Å². The van der Waals surface area contributed by atoms with Crippen molar-refractivity contribution < 1.29 is 5.11 Å². The summed E-state index contributed by atoms with van der Waals surface area (Å²) in [6, 6.07) is 6.00.